The second kappa shape index (κ2) is 5.83. The molecule has 0 aromatic heterocycles. The van der Waals surface area contributed by atoms with Gasteiger partial charge in [-0.05, 0) is 30.4 Å². The molecule has 0 aliphatic heterocycles. The van der Waals surface area contributed by atoms with Crippen molar-refractivity contribution in [2.24, 2.45) is 5.92 Å². The van der Waals surface area contributed by atoms with Crippen LogP contribution in [0, 0.1) is 11.7 Å². The smallest absolute Gasteiger partial charge is 0.142 e. The molecule has 2 rings (SSSR count). The molecule has 1 fully saturated rings. The lowest BCUT2D eigenvalue weighted by atomic mass is 10.1. The minimum atomic E-state index is -0.332. The molecule has 0 radical (unpaired) electrons. The minimum absolute atomic E-state index is 0.251. The van der Waals surface area contributed by atoms with Gasteiger partial charge in [0.05, 0.1) is 5.02 Å². The molecule has 0 heterocycles. The van der Waals surface area contributed by atoms with Gasteiger partial charge in [0.2, 0.25) is 0 Å². The first kappa shape index (κ1) is 12.8. The van der Waals surface area contributed by atoms with Crippen molar-refractivity contribution in [2.45, 2.75) is 45.2 Å². The fourth-order valence-electron chi connectivity index (χ4n) is 2.09. The zero-order valence-corrected chi connectivity index (χ0v) is 10.9. The first-order valence-electron chi connectivity index (χ1n) is 6.37. The van der Waals surface area contributed by atoms with Gasteiger partial charge >= 0.3 is 0 Å². The van der Waals surface area contributed by atoms with Gasteiger partial charge in [-0.1, -0.05) is 43.5 Å². The predicted octanol–water partition coefficient (Wildman–Crippen LogP) is 4.15. The van der Waals surface area contributed by atoms with E-state index in [1.807, 2.05) is 6.07 Å². The fraction of sp³-hybridized carbons (Fsp3) is 0.571. The Morgan fingerprint density at radius 3 is 2.88 bits per heavy atom. The second-order valence-electron chi connectivity index (χ2n) is 4.88. The van der Waals surface area contributed by atoms with Gasteiger partial charge in [-0.15, -0.1) is 0 Å². The number of benzene rings is 1. The van der Waals surface area contributed by atoms with E-state index in [1.165, 1.54) is 25.3 Å². The Balaban J connectivity index is 1.88. The molecule has 1 aromatic carbocycles. The SMILES string of the molecule is CCC(CC1CC1)NCc1cccc(F)c1Cl. The van der Waals surface area contributed by atoms with Crippen LogP contribution in [0.5, 0.6) is 0 Å². The van der Waals surface area contributed by atoms with E-state index in [4.69, 9.17) is 11.6 Å². The number of halogens is 2. The van der Waals surface area contributed by atoms with Crippen molar-refractivity contribution in [3.63, 3.8) is 0 Å². The van der Waals surface area contributed by atoms with Crippen LogP contribution in [0.15, 0.2) is 18.2 Å². The van der Waals surface area contributed by atoms with Crippen molar-refractivity contribution >= 4 is 11.6 Å². The lowest BCUT2D eigenvalue weighted by Crippen LogP contribution is -2.28. The number of hydrogen-bond acceptors (Lipinski definition) is 1. The molecule has 3 heteroatoms. The lowest BCUT2D eigenvalue weighted by molar-refractivity contribution is 0.444. The van der Waals surface area contributed by atoms with E-state index in [-0.39, 0.29) is 10.8 Å². The maximum Gasteiger partial charge on any atom is 0.142 e. The summed E-state index contributed by atoms with van der Waals surface area (Å²) in [4.78, 5) is 0. The fourth-order valence-corrected chi connectivity index (χ4v) is 2.28. The highest BCUT2D eigenvalue weighted by atomic mass is 35.5. The highest BCUT2D eigenvalue weighted by Crippen LogP contribution is 2.34. The molecule has 1 atom stereocenters. The van der Waals surface area contributed by atoms with E-state index in [9.17, 15) is 4.39 Å². The molecule has 1 saturated carbocycles. The van der Waals surface area contributed by atoms with E-state index >= 15 is 0 Å². The largest absolute Gasteiger partial charge is 0.310 e. The topological polar surface area (TPSA) is 12.0 Å². The summed E-state index contributed by atoms with van der Waals surface area (Å²) in [5.41, 5.74) is 0.848. The number of hydrogen-bond donors (Lipinski definition) is 1. The van der Waals surface area contributed by atoms with Gasteiger partial charge in [0.1, 0.15) is 5.82 Å². The third-order valence-electron chi connectivity index (χ3n) is 3.42. The van der Waals surface area contributed by atoms with Crippen molar-refractivity contribution in [1.29, 1.82) is 0 Å². The van der Waals surface area contributed by atoms with Crippen LogP contribution in [0.2, 0.25) is 5.02 Å². The third kappa shape index (κ3) is 3.68. The summed E-state index contributed by atoms with van der Waals surface area (Å²) in [5.74, 6) is 0.580. The highest BCUT2D eigenvalue weighted by molar-refractivity contribution is 6.31. The van der Waals surface area contributed by atoms with Crippen molar-refractivity contribution in [3.05, 3.63) is 34.6 Å². The number of rotatable bonds is 6. The quantitative estimate of drug-likeness (QED) is 0.805. The molecular weight excluding hydrogens is 237 g/mol. The van der Waals surface area contributed by atoms with E-state index < -0.39 is 0 Å². The molecule has 0 amide bonds. The molecule has 1 N–H and O–H groups in total. The summed E-state index contributed by atoms with van der Waals surface area (Å²) in [5, 5.41) is 3.73. The maximum atomic E-state index is 13.2. The molecule has 94 valence electrons. The molecule has 0 bridgehead atoms. The van der Waals surface area contributed by atoms with Crippen LogP contribution in [-0.4, -0.2) is 6.04 Å². The highest BCUT2D eigenvalue weighted by Gasteiger charge is 2.24. The predicted molar refractivity (Wildman–Crippen MR) is 69.7 cm³/mol. The Kier molecular flexibility index (Phi) is 4.41. The minimum Gasteiger partial charge on any atom is -0.310 e. The van der Waals surface area contributed by atoms with Gasteiger partial charge in [-0.25, -0.2) is 4.39 Å². The van der Waals surface area contributed by atoms with E-state index in [0.29, 0.717) is 12.6 Å². The van der Waals surface area contributed by atoms with Crippen LogP contribution in [-0.2, 0) is 6.54 Å². The Labute approximate surface area is 107 Å². The Bertz CT molecular complexity index is 376. The van der Waals surface area contributed by atoms with Gasteiger partial charge in [0.15, 0.2) is 0 Å². The lowest BCUT2D eigenvalue weighted by Gasteiger charge is -2.17. The molecule has 0 saturated heterocycles. The second-order valence-corrected chi connectivity index (χ2v) is 5.26. The zero-order chi connectivity index (χ0) is 12.3. The molecule has 0 spiro atoms. The first-order valence-corrected chi connectivity index (χ1v) is 6.74. The molecule has 1 unspecified atom stereocenters. The van der Waals surface area contributed by atoms with Crippen molar-refractivity contribution in [2.75, 3.05) is 0 Å². The van der Waals surface area contributed by atoms with Crippen LogP contribution < -0.4 is 5.32 Å². The van der Waals surface area contributed by atoms with Crippen LogP contribution in [0.25, 0.3) is 0 Å². The third-order valence-corrected chi connectivity index (χ3v) is 3.84. The van der Waals surface area contributed by atoms with Crippen molar-refractivity contribution in [3.8, 4) is 0 Å². The summed E-state index contributed by atoms with van der Waals surface area (Å²) >= 11 is 5.92. The van der Waals surface area contributed by atoms with Crippen LogP contribution >= 0.6 is 11.6 Å². The van der Waals surface area contributed by atoms with E-state index in [0.717, 1.165) is 17.9 Å². The summed E-state index contributed by atoms with van der Waals surface area (Å²) in [6.45, 7) is 2.84. The van der Waals surface area contributed by atoms with E-state index in [2.05, 4.69) is 12.2 Å². The summed E-state index contributed by atoms with van der Waals surface area (Å²) < 4.78 is 13.2. The average Bonchev–Trinajstić information content (AvgIpc) is 3.13. The summed E-state index contributed by atoms with van der Waals surface area (Å²) in [6, 6.07) is 5.51. The van der Waals surface area contributed by atoms with Crippen molar-refractivity contribution in [1.82, 2.24) is 5.32 Å². The molecule has 1 aromatic rings. The molecule has 17 heavy (non-hydrogen) atoms. The Morgan fingerprint density at radius 1 is 1.47 bits per heavy atom. The Morgan fingerprint density at radius 2 is 2.24 bits per heavy atom. The summed E-state index contributed by atoms with van der Waals surface area (Å²) in [6.07, 6.45) is 5.10. The molecule has 1 nitrogen and oxygen atoms in total. The van der Waals surface area contributed by atoms with Gasteiger partial charge < -0.3 is 5.32 Å². The molecule has 1 aliphatic rings. The molecular formula is C14H19ClFN. The van der Waals surface area contributed by atoms with Crippen LogP contribution in [0.3, 0.4) is 0 Å². The van der Waals surface area contributed by atoms with Gasteiger partial charge in [-0.3, -0.25) is 0 Å². The average molecular weight is 256 g/mol. The van der Waals surface area contributed by atoms with Gasteiger partial charge in [0.25, 0.3) is 0 Å². The van der Waals surface area contributed by atoms with Crippen LogP contribution in [0.4, 0.5) is 4.39 Å². The number of nitrogens with one attached hydrogen (secondary N) is 1. The van der Waals surface area contributed by atoms with Gasteiger partial charge in [-0.2, -0.15) is 0 Å². The normalized spacial score (nSPS) is 17.1. The first-order chi connectivity index (χ1) is 8.20. The summed E-state index contributed by atoms with van der Waals surface area (Å²) in [7, 11) is 0. The van der Waals surface area contributed by atoms with Crippen molar-refractivity contribution < 1.29 is 4.39 Å². The Hall–Kier alpha value is -0.600. The molecule has 1 aliphatic carbocycles. The monoisotopic (exact) mass is 255 g/mol. The maximum absolute atomic E-state index is 13.2. The van der Waals surface area contributed by atoms with E-state index in [1.54, 1.807) is 6.07 Å². The standard InChI is InChI=1S/C14H19ClFN/c1-2-12(8-10-6-7-10)17-9-11-4-3-5-13(16)14(11)15/h3-5,10,12,17H,2,6-9H2,1H3. The zero-order valence-electron chi connectivity index (χ0n) is 10.2. The van der Waals surface area contributed by atoms with Crippen LogP contribution in [0.1, 0.15) is 38.2 Å². The van der Waals surface area contributed by atoms with Gasteiger partial charge in [0, 0.05) is 12.6 Å².